The Hall–Kier alpha value is -0.880. The summed E-state index contributed by atoms with van der Waals surface area (Å²) in [7, 11) is -3.09. The molecule has 15 heavy (non-hydrogen) atoms. The van der Waals surface area contributed by atoms with Crippen molar-refractivity contribution in [1.82, 2.24) is 14.5 Å². The summed E-state index contributed by atoms with van der Waals surface area (Å²) in [6.45, 7) is 2.66. The van der Waals surface area contributed by atoms with Crippen molar-refractivity contribution in [2.75, 3.05) is 12.3 Å². The van der Waals surface area contributed by atoms with Crippen LogP contribution in [0.3, 0.4) is 0 Å². The first kappa shape index (κ1) is 10.6. The third-order valence-corrected chi connectivity index (χ3v) is 4.50. The number of nitrogens with zero attached hydrogens (tertiary/aromatic N) is 2. The normalized spacial score (nSPS) is 18.5. The number of rotatable bonds is 2. The van der Waals surface area contributed by atoms with E-state index >= 15 is 0 Å². The van der Waals surface area contributed by atoms with E-state index in [-0.39, 0.29) is 5.75 Å². The molecule has 1 aromatic rings. The molecule has 83 valence electrons. The molecule has 0 aromatic carbocycles. The Morgan fingerprint density at radius 2 is 2.40 bits per heavy atom. The van der Waals surface area contributed by atoms with Gasteiger partial charge in [0.05, 0.1) is 5.75 Å². The van der Waals surface area contributed by atoms with Crippen molar-refractivity contribution < 1.29 is 8.42 Å². The minimum absolute atomic E-state index is 0.153. The third-order valence-electron chi connectivity index (χ3n) is 2.67. The van der Waals surface area contributed by atoms with Gasteiger partial charge in [0, 0.05) is 24.3 Å². The molecule has 5 nitrogen and oxygen atoms in total. The van der Waals surface area contributed by atoms with Gasteiger partial charge >= 0.3 is 0 Å². The van der Waals surface area contributed by atoms with Crippen LogP contribution < -0.4 is 0 Å². The first-order valence-electron chi connectivity index (χ1n) is 5.05. The van der Waals surface area contributed by atoms with Crippen molar-refractivity contribution >= 4 is 10.0 Å². The van der Waals surface area contributed by atoms with E-state index in [4.69, 9.17) is 0 Å². The number of aromatic nitrogens is 2. The van der Waals surface area contributed by atoms with Gasteiger partial charge in [-0.2, -0.15) is 9.40 Å². The molecule has 0 unspecified atom stereocenters. The van der Waals surface area contributed by atoms with E-state index in [1.165, 1.54) is 4.31 Å². The van der Waals surface area contributed by atoms with Crippen LogP contribution in [0.4, 0.5) is 0 Å². The minimum atomic E-state index is -3.09. The maximum Gasteiger partial charge on any atom is 0.214 e. The largest absolute Gasteiger partial charge is 0.282 e. The summed E-state index contributed by atoms with van der Waals surface area (Å²) in [5.74, 6) is 0.153. The highest BCUT2D eigenvalue weighted by Gasteiger charge is 2.24. The standard InChI is InChI=1S/C9H14N3O2S/c1-2-15(13,14)12-5-3-4-9-8(7-12)6-10-11-9/h2-5,7H2,1H3,(H,10,11). The molecule has 0 saturated carbocycles. The van der Waals surface area contributed by atoms with Crippen molar-refractivity contribution in [2.24, 2.45) is 0 Å². The highest BCUT2D eigenvalue weighted by Crippen LogP contribution is 2.18. The number of hydrogen-bond donors (Lipinski definition) is 1. The lowest BCUT2D eigenvalue weighted by Crippen LogP contribution is -2.31. The number of fused-ring (bicyclic) bond motifs is 1. The van der Waals surface area contributed by atoms with Crippen molar-refractivity contribution in [1.29, 1.82) is 0 Å². The van der Waals surface area contributed by atoms with Crippen molar-refractivity contribution in [3.63, 3.8) is 0 Å². The van der Waals surface area contributed by atoms with Crippen LogP contribution in [0, 0.1) is 6.20 Å². The minimum Gasteiger partial charge on any atom is -0.282 e. The van der Waals surface area contributed by atoms with Gasteiger partial charge in [0.1, 0.15) is 6.20 Å². The lowest BCUT2D eigenvalue weighted by atomic mass is 10.2. The Labute approximate surface area is 89.5 Å². The van der Waals surface area contributed by atoms with E-state index in [0.717, 1.165) is 24.1 Å². The molecule has 1 N–H and O–H groups in total. The Bertz CT molecular complexity index is 438. The predicted octanol–water partition coefficient (Wildman–Crippen LogP) is 0.308. The van der Waals surface area contributed by atoms with Gasteiger partial charge in [-0.15, -0.1) is 0 Å². The summed E-state index contributed by atoms with van der Waals surface area (Å²) < 4.78 is 25.0. The molecule has 6 heteroatoms. The second-order valence-electron chi connectivity index (χ2n) is 3.63. The summed E-state index contributed by atoms with van der Waals surface area (Å²) in [5, 5.41) is 6.68. The summed E-state index contributed by atoms with van der Waals surface area (Å²) in [6.07, 6.45) is 4.50. The first-order chi connectivity index (χ1) is 7.13. The molecule has 1 radical (unpaired) electrons. The lowest BCUT2D eigenvalue weighted by Gasteiger charge is -2.18. The van der Waals surface area contributed by atoms with Gasteiger partial charge in [-0.25, -0.2) is 8.42 Å². The molecule has 0 fully saturated rings. The zero-order valence-corrected chi connectivity index (χ0v) is 9.47. The van der Waals surface area contributed by atoms with Crippen molar-refractivity contribution in [2.45, 2.75) is 26.3 Å². The molecule has 0 atom stereocenters. The molecule has 1 aliphatic heterocycles. The average molecular weight is 228 g/mol. The van der Waals surface area contributed by atoms with Crippen LogP contribution in [0.1, 0.15) is 24.6 Å². The fraction of sp³-hybridized carbons (Fsp3) is 0.667. The fourth-order valence-corrected chi connectivity index (χ4v) is 2.84. The summed E-state index contributed by atoms with van der Waals surface area (Å²) in [4.78, 5) is 0. The highest BCUT2D eigenvalue weighted by molar-refractivity contribution is 7.89. The van der Waals surface area contributed by atoms with Gasteiger partial charge in [-0.1, -0.05) is 0 Å². The van der Waals surface area contributed by atoms with E-state index in [1.54, 1.807) is 6.92 Å². The number of sulfonamides is 1. The smallest absolute Gasteiger partial charge is 0.214 e. The van der Waals surface area contributed by atoms with Gasteiger partial charge in [-0.3, -0.25) is 5.10 Å². The van der Waals surface area contributed by atoms with Gasteiger partial charge in [0.15, 0.2) is 0 Å². The van der Waals surface area contributed by atoms with Crippen molar-refractivity contribution in [3.05, 3.63) is 17.5 Å². The monoisotopic (exact) mass is 228 g/mol. The molecule has 1 aliphatic rings. The molecule has 0 amide bonds. The van der Waals surface area contributed by atoms with Crippen LogP contribution in [0.5, 0.6) is 0 Å². The van der Waals surface area contributed by atoms with E-state index in [2.05, 4.69) is 16.4 Å². The molecular formula is C9H14N3O2S. The van der Waals surface area contributed by atoms with Gasteiger partial charge in [-0.05, 0) is 19.8 Å². The third kappa shape index (κ3) is 2.05. The van der Waals surface area contributed by atoms with Crippen LogP contribution in [0.15, 0.2) is 0 Å². The molecule has 0 aliphatic carbocycles. The summed E-state index contributed by atoms with van der Waals surface area (Å²) >= 11 is 0. The molecular weight excluding hydrogens is 214 g/mol. The molecule has 0 spiro atoms. The number of H-pyrrole nitrogens is 1. The maximum absolute atomic E-state index is 11.7. The van der Waals surface area contributed by atoms with Gasteiger partial charge in [0.25, 0.3) is 0 Å². The van der Waals surface area contributed by atoms with Crippen LogP contribution in [0.2, 0.25) is 0 Å². The zero-order chi connectivity index (χ0) is 10.9. The highest BCUT2D eigenvalue weighted by atomic mass is 32.2. The second-order valence-corrected chi connectivity index (χ2v) is 5.89. The molecule has 2 heterocycles. The van der Waals surface area contributed by atoms with Crippen LogP contribution in [-0.2, 0) is 23.0 Å². The van der Waals surface area contributed by atoms with Gasteiger partial charge in [0.2, 0.25) is 10.0 Å². The fourth-order valence-electron chi connectivity index (χ4n) is 1.74. The molecule has 1 aromatic heterocycles. The Balaban J connectivity index is 2.26. The van der Waals surface area contributed by atoms with E-state index in [9.17, 15) is 8.42 Å². The Kier molecular flexibility index (Phi) is 2.79. The van der Waals surface area contributed by atoms with E-state index in [1.807, 2.05) is 0 Å². The number of aryl methyl sites for hydroxylation is 1. The summed E-state index contributed by atoms with van der Waals surface area (Å²) in [5.41, 5.74) is 1.90. The predicted molar refractivity (Wildman–Crippen MR) is 55.6 cm³/mol. The molecule has 2 rings (SSSR count). The Morgan fingerprint density at radius 1 is 1.60 bits per heavy atom. The van der Waals surface area contributed by atoms with Gasteiger partial charge < -0.3 is 0 Å². The molecule has 0 saturated heterocycles. The van der Waals surface area contributed by atoms with E-state index in [0.29, 0.717) is 13.1 Å². The van der Waals surface area contributed by atoms with E-state index < -0.39 is 10.0 Å². The second kappa shape index (κ2) is 3.94. The maximum atomic E-state index is 11.7. The van der Waals surface area contributed by atoms with Crippen LogP contribution >= 0.6 is 0 Å². The summed E-state index contributed by atoms with van der Waals surface area (Å²) in [6, 6.07) is 0. The zero-order valence-electron chi connectivity index (χ0n) is 8.65. The van der Waals surface area contributed by atoms with Crippen LogP contribution in [0.25, 0.3) is 0 Å². The van der Waals surface area contributed by atoms with Crippen molar-refractivity contribution in [3.8, 4) is 0 Å². The number of nitrogens with one attached hydrogen (secondary N) is 1. The number of hydrogen-bond acceptors (Lipinski definition) is 3. The molecule has 0 bridgehead atoms. The lowest BCUT2D eigenvalue weighted by molar-refractivity contribution is 0.410. The topological polar surface area (TPSA) is 66.1 Å². The quantitative estimate of drug-likeness (QED) is 0.792. The average Bonchev–Trinajstić information content (AvgIpc) is 2.55. The van der Waals surface area contributed by atoms with Crippen LogP contribution in [-0.4, -0.2) is 35.2 Å². The first-order valence-corrected chi connectivity index (χ1v) is 6.66. The number of aromatic amines is 1. The Morgan fingerprint density at radius 3 is 3.13 bits per heavy atom. The SMILES string of the molecule is CCS(=O)(=O)N1CCCc2[nH]n[c]c2C1.